The third-order valence-corrected chi connectivity index (χ3v) is 4.62. The number of nitro groups is 1. The lowest BCUT2D eigenvalue weighted by atomic mass is 10.1. The van der Waals surface area contributed by atoms with E-state index in [1.165, 1.54) is 23.9 Å². The third kappa shape index (κ3) is 5.68. The van der Waals surface area contributed by atoms with Crippen LogP contribution in [0.2, 0.25) is 0 Å². The van der Waals surface area contributed by atoms with Crippen LogP contribution in [0.4, 0.5) is 15.8 Å². The summed E-state index contributed by atoms with van der Waals surface area (Å²) in [5, 5.41) is 32.0. The number of rotatable bonds is 9. The summed E-state index contributed by atoms with van der Waals surface area (Å²) in [6.45, 7) is 0. The molecule has 0 radical (unpaired) electrons. The van der Waals surface area contributed by atoms with Gasteiger partial charge < -0.3 is 15.5 Å². The molecule has 0 fully saturated rings. The predicted molar refractivity (Wildman–Crippen MR) is 97.7 cm³/mol. The molecule has 0 aromatic heterocycles. The Morgan fingerprint density at radius 1 is 1.22 bits per heavy atom. The zero-order valence-electron chi connectivity index (χ0n) is 13.8. The molecule has 2 rings (SSSR count). The molecule has 2 aromatic rings. The van der Waals surface area contributed by atoms with E-state index in [1.807, 2.05) is 0 Å². The highest BCUT2D eigenvalue weighted by Gasteiger charge is 2.23. The molecule has 0 aliphatic heterocycles. The maximum atomic E-state index is 13.2. The lowest BCUT2D eigenvalue weighted by molar-refractivity contribution is -0.384. The largest absolute Gasteiger partial charge is 0.480 e. The van der Waals surface area contributed by atoms with E-state index in [0.717, 1.165) is 18.2 Å². The molecule has 0 unspecified atom stereocenters. The van der Waals surface area contributed by atoms with Crippen molar-refractivity contribution in [3.05, 3.63) is 69.5 Å². The molecule has 0 saturated carbocycles. The third-order valence-electron chi connectivity index (χ3n) is 3.51. The maximum absolute atomic E-state index is 13.2. The first-order valence-corrected chi connectivity index (χ1v) is 8.76. The van der Waals surface area contributed by atoms with Gasteiger partial charge in [0.15, 0.2) is 0 Å². The van der Waals surface area contributed by atoms with E-state index in [9.17, 15) is 29.2 Å². The van der Waals surface area contributed by atoms with Crippen molar-refractivity contribution in [3.8, 4) is 0 Å². The van der Waals surface area contributed by atoms with E-state index < -0.39 is 34.4 Å². The fourth-order valence-electron chi connectivity index (χ4n) is 2.22. The molecule has 0 amide bonds. The number of halogens is 1. The number of thioether (sulfide) groups is 1. The van der Waals surface area contributed by atoms with Crippen molar-refractivity contribution in [1.29, 1.82) is 0 Å². The highest BCUT2D eigenvalue weighted by molar-refractivity contribution is 7.98. The van der Waals surface area contributed by atoms with Gasteiger partial charge in [-0.15, -0.1) is 0 Å². The Bertz CT molecular complexity index is 876. The van der Waals surface area contributed by atoms with Crippen LogP contribution in [-0.4, -0.2) is 38.9 Å². The first-order chi connectivity index (χ1) is 12.8. The molecule has 0 heterocycles. The van der Waals surface area contributed by atoms with Gasteiger partial charge in [-0.25, -0.2) is 14.0 Å². The minimum absolute atomic E-state index is 0.0592. The van der Waals surface area contributed by atoms with E-state index in [-0.39, 0.29) is 17.0 Å². The minimum atomic E-state index is -1.33. The summed E-state index contributed by atoms with van der Waals surface area (Å²) >= 11 is 1.22. The summed E-state index contributed by atoms with van der Waals surface area (Å²) in [4.78, 5) is 32.8. The molecule has 142 valence electrons. The highest BCUT2D eigenvalue weighted by Crippen LogP contribution is 2.27. The van der Waals surface area contributed by atoms with Gasteiger partial charge in [-0.3, -0.25) is 10.1 Å². The zero-order valence-corrected chi connectivity index (χ0v) is 14.6. The number of nitrogens with zero attached hydrogens (tertiary/aromatic N) is 1. The number of benzene rings is 2. The van der Waals surface area contributed by atoms with E-state index in [4.69, 9.17) is 5.11 Å². The Kier molecular flexibility index (Phi) is 6.72. The number of carboxylic acid groups (broad SMARTS) is 2. The molecule has 27 heavy (non-hydrogen) atoms. The van der Waals surface area contributed by atoms with Crippen LogP contribution in [0.15, 0.2) is 42.5 Å². The Balaban J connectivity index is 2.10. The average molecular weight is 394 g/mol. The number of aliphatic carboxylic acids is 1. The zero-order chi connectivity index (χ0) is 20.0. The average Bonchev–Trinajstić information content (AvgIpc) is 2.60. The highest BCUT2D eigenvalue weighted by atomic mass is 32.2. The van der Waals surface area contributed by atoms with Gasteiger partial charge in [0.2, 0.25) is 0 Å². The van der Waals surface area contributed by atoms with Crippen molar-refractivity contribution in [3.63, 3.8) is 0 Å². The number of aromatic carboxylic acids is 1. The minimum Gasteiger partial charge on any atom is -0.480 e. The summed E-state index contributed by atoms with van der Waals surface area (Å²) < 4.78 is 13.2. The molecule has 0 saturated heterocycles. The normalized spacial score (nSPS) is 11.6. The quantitative estimate of drug-likeness (QED) is 0.437. The van der Waals surface area contributed by atoms with Gasteiger partial charge in [-0.05, 0) is 29.8 Å². The fourth-order valence-corrected chi connectivity index (χ4v) is 3.22. The van der Waals surface area contributed by atoms with Crippen molar-refractivity contribution in [2.45, 2.75) is 11.8 Å². The Morgan fingerprint density at radius 3 is 2.56 bits per heavy atom. The Hall–Kier alpha value is -3.14. The van der Waals surface area contributed by atoms with E-state index in [0.29, 0.717) is 11.3 Å². The van der Waals surface area contributed by atoms with Crippen LogP contribution >= 0.6 is 11.8 Å². The smallest absolute Gasteiger partial charge is 0.335 e. The topological polar surface area (TPSA) is 130 Å². The first-order valence-electron chi connectivity index (χ1n) is 7.61. The van der Waals surface area contributed by atoms with Crippen LogP contribution in [-0.2, 0) is 10.5 Å². The maximum Gasteiger partial charge on any atom is 0.335 e. The summed E-state index contributed by atoms with van der Waals surface area (Å²) in [6.07, 6.45) is 0. The Morgan fingerprint density at radius 2 is 1.96 bits per heavy atom. The summed E-state index contributed by atoms with van der Waals surface area (Å²) in [7, 11) is 0. The van der Waals surface area contributed by atoms with Crippen molar-refractivity contribution in [2.75, 3.05) is 11.1 Å². The number of nitro benzene ring substituents is 1. The van der Waals surface area contributed by atoms with Crippen LogP contribution in [0.25, 0.3) is 0 Å². The molecular formula is C17H15FN2O6S. The number of hydrogen-bond donors (Lipinski definition) is 3. The lowest BCUT2D eigenvalue weighted by Crippen LogP contribution is -2.32. The van der Waals surface area contributed by atoms with Gasteiger partial charge in [0.25, 0.3) is 5.69 Å². The van der Waals surface area contributed by atoms with Gasteiger partial charge in [0.05, 0.1) is 10.5 Å². The number of nitrogens with one attached hydrogen (secondary N) is 1. The van der Waals surface area contributed by atoms with Crippen molar-refractivity contribution in [2.24, 2.45) is 0 Å². The van der Waals surface area contributed by atoms with Crippen LogP contribution in [0, 0.1) is 15.9 Å². The van der Waals surface area contributed by atoms with Crippen LogP contribution in [0.3, 0.4) is 0 Å². The summed E-state index contributed by atoms with van der Waals surface area (Å²) in [6, 6.07) is 7.91. The first kappa shape index (κ1) is 20.2. The number of carbonyl (C=O) groups is 2. The monoisotopic (exact) mass is 394 g/mol. The van der Waals surface area contributed by atoms with E-state index >= 15 is 0 Å². The van der Waals surface area contributed by atoms with Crippen molar-refractivity contribution >= 4 is 35.1 Å². The molecule has 3 N–H and O–H groups in total. The predicted octanol–water partition coefficient (Wildman–Crippen LogP) is 3.23. The van der Waals surface area contributed by atoms with E-state index in [2.05, 4.69) is 5.32 Å². The van der Waals surface area contributed by atoms with Gasteiger partial charge in [0.1, 0.15) is 17.5 Å². The second kappa shape index (κ2) is 8.99. The number of anilines is 1. The summed E-state index contributed by atoms with van der Waals surface area (Å²) in [5.41, 5.74) is -0.222. The van der Waals surface area contributed by atoms with E-state index in [1.54, 1.807) is 12.1 Å². The molecule has 0 aliphatic rings. The van der Waals surface area contributed by atoms with Gasteiger partial charge in [-0.1, -0.05) is 12.1 Å². The lowest BCUT2D eigenvalue weighted by Gasteiger charge is -2.16. The molecule has 0 bridgehead atoms. The van der Waals surface area contributed by atoms with Crippen LogP contribution < -0.4 is 5.32 Å². The SMILES string of the molecule is O=C(O)c1ccc(N[C@H](CSCc2cccc(F)c2)C(=O)O)c([N+](=O)[O-])c1. The van der Waals surface area contributed by atoms with Gasteiger partial charge >= 0.3 is 11.9 Å². The molecule has 2 aromatic carbocycles. The van der Waals surface area contributed by atoms with Gasteiger partial charge in [0, 0.05) is 17.6 Å². The molecule has 8 nitrogen and oxygen atoms in total. The fraction of sp³-hybridized carbons (Fsp3) is 0.176. The number of hydrogen-bond acceptors (Lipinski definition) is 6. The van der Waals surface area contributed by atoms with Crippen LogP contribution in [0.5, 0.6) is 0 Å². The van der Waals surface area contributed by atoms with Crippen LogP contribution in [0.1, 0.15) is 15.9 Å². The molecule has 1 atom stereocenters. The molecular weight excluding hydrogens is 379 g/mol. The molecule has 10 heteroatoms. The molecule has 0 spiro atoms. The second-order valence-corrected chi connectivity index (χ2v) is 6.50. The van der Waals surface area contributed by atoms with Gasteiger partial charge in [-0.2, -0.15) is 11.8 Å². The summed E-state index contributed by atoms with van der Waals surface area (Å²) in [5.74, 6) is -2.52. The standard InChI is InChI=1S/C17H15FN2O6S/c18-12-3-1-2-10(6-12)8-27-9-14(17(23)24)19-13-5-4-11(16(21)22)7-15(13)20(25)26/h1-7,14,19H,8-9H2,(H,21,22)(H,23,24)/t14-/m1/s1. The molecule has 0 aliphatic carbocycles. The second-order valence-electron chi connectivity index (χ2n) is 5.47. The van der Waals surface area contributed by atoms with Crippen molar-refractivity contribution in [1.82, 2.24) is 0 Å². The Labute approximate surface area is 157 Å². The number of carboxylic acids is 2. The van der Waals surface area contributed by atoms with Crippen molar-refractivity contribution < 1.29 is 29.1 Å².